The molecule has 8 heteroatoms. The zero-order chi connectivity index (χ0) is 20.7. The SMILES string of the molecule is CN=C(NCc1cccc(OCC(N)=O)c1)NC(C)Cc1c(C)nn(C)c1C. The predicted molar refractivity (Wildman–Crippen MR) is 110 cm³/mol. The third-order valence-corrected chi connectivity index (χ3v) is 4.52. The standard InChI is InChI=1S/C20H30N6O2/c1-13(9-18-14(2)25-26(5)15(18)3)24-20(22-4)23-11-16-7-6-8-17(10-16)28-12-19(21)27/h6-8,10,13H,9,11-12H2,1-5H3,(H2,21,27)(H2,22,23,24). The normalized spacial score (nSPS) is 12.5. The van der Waals surface area contributed by atoms with Gasteiger partial charge in [-0.3, -0.25) is 14.5 Å². The predicted octanol–water partition coefficient (Wildman–Crippen LogP) is 1.20. The fraction of sp³-hybridized carbons (Fsp3) is 0.450. The van der Waals surface area contributed by atoms with Crippen molar-refractivity contribution in [2.24, 2.45) is 17.8 Å². The second-order valence-electron chi connectivity index (χ2n) is 6.85. The van der Waals surface area contributed by atoms with Crippen LogP contribution in [0.4, 0.5) is 0 Å². The number of nitrogens with one attached hydrogen (secondary N) is 2. The van der Waals surface area contributed by atoms with Gasteiger partial charge in [-0.2, -0.15) is 5.10 Å². The molecule has 4 N–H and O–H groups in total. The number of aliphatic imine (C=N–C) groups is 1. The fourth-order valence-electron chi connectivity index (χ4n) is 2.98. The lowest BCUT2D eigenvalue weighted by Crippen LogP contribution is -2.42. The molecule has 1 atom stereocenters. The number of aromatic nitrogens is 2. The van der Waals surface area contributed by atoms with Crippen LogP contribution in [-0.2, 0) is 24.8 Å². The third-order valence-electron chi connectivity index (χ3n) is 4.52. The maximum absolute atomic E-state index is 10.8. The van der Waals surface area contributed by atoms with Gasteiger partial charge in [0.15, 0.2) is 12.6 Å². The van der Waals surface area contributed by atoms with E-state index in [1.165, 1.54) is 11.3 Å². The quantitative estimate of drug-likeness (QED) is 0.467. The Hall–Kier alpha value is -3.03. The van der Waals surface area contributed by atoms with Crippen molar-refractivity contribution >= 4 is 11.9 Å². The first-order valence-corrected chi connectivity index (χ1v) is 9.26. The van der Waals surface area contributed by atoms with Gasteiger partial charge < -0.3 is 21.1 Å². The second-order valence-corrected chi connectivity index (χ2v) is 6.85. The van der Waals surface area contributed by atoms with E-state index in [0.717, 1.165) is 23.6 Å². The van der Waals surface area contributed by atoms with Gasteiger partial charge in [0.05, 0.1) is 5.69 Å². The molecule has 8 nitrogen and oxygen atoms in total. The van der Waals surface area contributed by atoms with E-state index in [4.69, 9.17) is 10.5 Å². The molecule has 1 amide bonds. The van der Waals surface area contributed by atoms with E-state index in [-0.39, 0.29) is 12.6 Å². The van der Waals surface area contributed by atoms with Crippen molar-refractivity contribution in [3.8, 4) is 5.75 Å². The number of primary amides is 1. The summed E-state index contributed by atoms with van der Waals surface area (Å²) in [4.78, 5) is 15.1. The summed E-state index contributed by atoms with van der Waals surface area (Å²) in [6, 6.07) is 7.70. The first-order valence-electron chi connectivity index (χ1n) is 9.26. The molecule has 0 bridgehead atoms. The summed E-state index contributed by atoms with van der Waals surface area (Å²) in [7, 11) is 3.71. The molecule has 0 fully saturated rings. The van der Waals surface area contributed by atoms with Crippen LogP contribution < -0.4 is 21.1 Å². The van der Waals surface area contributed by atoms with E-state index < -0.39 is 5.91 Å². The van der Waals surface area contributed by atoms with Gasteiger partial charge in [-0.25, -0.2) is 0 Å². The van der Waals surface area contributed by atoms with E-state index in [0.29, 0.717) is 12.3 Å². The van der Waals surface area contributed by atoms with Crippen molar-refractivity contribution in [3.63, 3.8) is 0 Å². The van der Waals surface area contributed by atoms with E-state index in [1.54, 1.807) is 13.1 Å². The highest BCUT2D eigenvalue weighted by Gasteiger charge is 2.14. The molecule has 0 spiro atoms. The van der Waals surface area contributed by atoms with Gasteiger partial charge in [-0.1, -0.05) is 12.1 Å². The summed E-state index contributed by atoms with van der Waals surface area (Å²) >= 11 is 0. The lowest BCUT2D eigenvalue weighted by Gasteiger charge is -2.18. The number of nitrogens with zero attached hydrogens (tertiary/aromatic N) is 3. The molecule has 0 radical (unpaired) electrons. The molecule has 0 aliphatic carbocycles. The number of nitrogens with two attached hydrogens (primary N) is 1. The Kier molecular flexibility index (Phi) is 7.43. The highest BCUT2D eigenvalue weighted by atomic mass is 16.5. The number of hydrogen-bond acceptors (Lipinski definition) is 4. The molecule has 1 heterocycles. The van der Waals surface area contributed by atoms with E-state index >= 15 is 0 Å². The zero-order valence-electron chi connectivity index (χ0n) is 17.2. The van der Waals surface area contributed by atoms with Crippen LogP contribution in [0.1, 0.15) is 29.4 Å². The smallest absolute Gasteiger partial charge is 0.255 e. The topological polar surface area (TPSA) is 107 Å². The molecule has 0 saturated carbocycles. The van der Waals surface area contributed by atoms with Crippen LogP contribution in [0.2, 0.25) is 0 Å². The van der Waals surface area contributed by atoms with Crippen molar-refractivity contribution in [1.29, 1.82) is 0 Å². The summed E-state index contributed by atoms with van der Waals surface area (Å²) in [5, 5.41) is 11.2. The number of ether oxygens (including phenoxy) is 1. The largest absolute Gasteiger partial charge is 0.484 e. The van der Waals surface area contributed by atoms with Crippen LogP contribution in [0.15, 0.2) is 29.3 Å². The Balaban J connectivity index is 1.90. The van der Waals surface area contributed by atoms with Gasteiger partial charge >= 0.3 is 0 Å². The molecule has 1 aromatic carbocycles. The number of hydrogen-bond donors (Lipinski definition) is 3. The summed E-state index contributed by atoms with van der Waals surface area (Å²) in [5.41, 5.74) is 9.62. The minimum Gasteiger partial charge on any atom is -0.484 e. The number of benzene rings is 1. The Bertz CT molecular complexity index is 843. The fourth-order valence-corrected chi connectivity index (χ4v) is 2.98. The van der Waals surface area contributed by atoms with Crippen molar-refractivity contribution in [2.75, 3.05) is 13.7 Å². The maximum atomic E-state index is 10.8. The van der Waals surface area contributed by atoms with Crippen molar-refractivity contribution in [3.05, 3.63) is 46.8 Å². The summed E-state index contributed by atoms with van der Waals surface area (Å²) in [5.74, 6) is 0.827. The van der Waals surface area contributed by atoms with Crippen LogP contribution in [0.25, 0.3) is 0 Å². The molecular formula is C20H30N6O2. The van der Waals surface area contributed by atoms with Crippen LogP contribution in [0, 0.1) is 13.8 Å². The first kappa shape index (κ1) is 21.3. The number of amides is 1. The van der Waals surface area contributed by atoms with Crippen LogP contribution in [-0.4, -0.2) is 41.3 Å². The molecule has 2 aromatic rings. The van der Waals surface area contributed by atoms with E-state index in [1.807, 2.05) is 36.9 Å². The molecule has 0 aliphatic rings. The number of guanidine groups is 1. The molecule has 0 saturated heterocycles. The van der Waals surface area contributed by atoms with Crippen molar-refractivity contribution in [1.82, 2.24) is 20.4 Å². The number of carbonyl (C=O) groups is 1. The maximum Gasteiger partial charge on any atom is 0.255 e. The summed E-state index contributed by atoms with van der Waals surface area (Å²) in [6.07, 6.45) is 0.864. The Morgan fingerprint density at radius 1 is 1.39 bits per heavy atom. The molecule has 1 unspecified atom stereocenters. The number of rotatable bonds is 8. The Morgan fingerprint density at radius 2 is 2.14 bits per heavy atom. The number of aryl methyl sites for hydroxylation is 2. The second kappa shape index (κ2) is 9.77. The molecule has 152 valence electrons. The average molecular weight is 387 g/mol. The van der Waals surface area contributed by atoms with Gasteiger partial charge in [0, 0.05) is 32.4 Å². The first-order chi connectivity index (χ1) is 13.3. The minimum absolute atomic E-state index is 0.134. The molecular weight excluding hydrogens is 356 g/mol. The molecule has 0 aliphatic heterocycles. The van der Waals surface area contributed by atoms with Gasteiger partial charge in [-0.15, -0.1) is 0 Å². The van der Waals surface area contributed by atoms with Crippen LogP contribution >= 0.6 is 0 Å². The highest BCUT2D eigenvalue weighted by Crippen LogP contribution is 2.15. The summed E-state index contributed by atoms with van der Waals surface area (Å²) < 4.78 is 7.25. The van der Waals surface area contributed by atoms with Crippen molar-refractivity contribution < 1.29 is 9.53 Å². The van der Waals surface area contributed by atoms with Crippen LogP contribution in [0.5, 0.6) is 5.75 Å². The average Bonchev–Trinajstić information content (AvgIpc) is 2.89. The van der Waals surface area contributed by atoms with Gasteiger partial charge in [0.25, 0.3) is 5.91 Å². The summed E-state index contributed by atoms with van der Waals surface area (Å²) in [6.45, 7) is 6.69. The molecule has 1 aromatic heterocycles. The monoisotopic (exact) mass is 386 g/mol. The lowest BCUT2D eigenvalue weighted by molar-refractivity contribution is -0.119. The third kappa shape index (κ3) is 6.00. The molecule has 2 rings (SSSR count). The number of carbonyl (C=O) groups excluding carboxylic acids is 1. The van der Waals surface area contributed by atoms with Gasteiger partial charge in [-0.05, 0) is 50.5 Å². The van der Waals surface area contributed by atoms with E-state index in [9.17, 15) is 4.79 Å². The minimum atomic E-state index is -0.499. The lowest BCUT2D eigenvalue weighted by atomic mass is 10.1. The highest BCUT2D eigenvalue weighted by molar-refractivity contribution is 5.80. The Morgan fingerprint density at radius 3 is 2.75 bits per heavy atom. The van der Waals surface area contributed by atoms with Crippen LogP contribution in [0.3, 0.4) is 0 Å². The molecule has 28 heavy (non-hydrogen) atoms. The van der Waals surface area contributed by atoms with Gasteiger partial charge in [0.1, 0.15) is 5.75 Å². The Labute approximate surface area is 166 Å². The van der Waals surface area contributed by atoms with Gasteiger partial charge in [0.2, 0.25) is 0 Å². The zero-order valence-corrected chi connectivity index (χ0v) is 17.2. The van der Waals surface area contributed by atoms with E-state index in [2.05, 4.69) is 34.6 Å². The van der Waals surface area contributed by atoms with Crippen molar-refractivity contribution in [2.45, 2.75) is 39.8 Å².